The highest BCUT2D eigenvalue weighted by atomic mass is 16.1. The SMILES string of the molecule is C#CCn1cc(C(c2c(-c3ccc(C)cc3)[nH][nH]c2=O)c2c(-c3ccc(C)cc3)[nH][nH]c2=O)c2ccccc21. The van der Waals surface area contributed by atoms with Gasteiger partial charge in [-0.05, 0) is 36.6 Å². The number of aromatic nitrogens is 5. The molecule has 0 fully saturated rings. The van der Waals surface area contributed by atoms with Crippen LogP contribution in [0.4, 0.5) is 0 Å². The minimum absolute atomic E-state index is 0.292. The fourth-order valence-electron chi connectivity index (χ4n) is 5.37. The van der Waals surface area contributed by atoms with Gasteiger partial charge in [0.05, 0.1) is 35.0 Å². The van der Waals surface area contributed by atoms with Crippen molar-refractivity contribution in [3.05, 3.63) is 128 Å². The average molecular weight is 514 g/mol. The van der Waals surface area contributed by atoms with Crippen LogP contribution in [0.2, 0.25) is 0 Å². The molecule has 0 atom stereocenters. The molecule has 192 valence electrons. The maximum Gasteiger partial charge on any atom is 0.268 e. The molecule has 3 aromatic carbocycles. The molecule has 7 nitrogen and oxygen atoms in total. The quantitative estimate of drug-likeness (QED) is 0.223. The van der Waals surface area contributed by atoms with E-state index in [4.69, 9.17) is 6.42 Å². The lowest BCUT2D eigenvalue weighted by molar-refractivity contribution is 0.866. The van der Waals surface area contributed by atoms with E-state index in [1.165, 1.54) is 0 Å². The van der Waals surface area contributed by atoms with E-state index >= 15 is 0 Å². The minimum Gasteiger partial charge on any atom is -0.336 e. The normalized spacial score (nSPS) is 11.3. The molecule has 39 heavy (non-hydrogen) atoms. The number of nitrogens with one attached hydrogen (secondary N) is 4. The molecule has 0 bridgehead atoms. The maximum atomic E-state index is 13.6. The van der Waals surface area contributed by atoms with Crippen molar-refractivity contribution in [2.75, 3.05) is 0 Å². The molecule has 0 saturated heterocycles. The van der Waals surface area contributed by atoms with Crippen LogP contribution in [-0.2, 0) is 6.54 Å². The van der Waals surface area contributed by atoms with Crippen LogP contribution >= 0.6 is 0 Å². The van der Waals surface area contributed by atoms with Gasteiger partial charge in [-0.2, -0.15) is 0 Å². The molecule has 6 rings (SSSR count). The zero-order valence-electron chi connectivity index (χ0n) is 21.6. The highest BCUT2D eigenvalue weighted by Crippen LogP contribution is 2.41. The summed E-state index contributed by atoms with van der Waals surface area (Å²) in [7, 11) is 0. The molecule has 0 spiro atoms. The summed E-state index contributed by atoms with van der Waals surface area (Å²) >= 11 is 0. The molecule has 0 aliphatic heterocycles. The van der Waals surface area contributed by atoms with Crippen LogP contribution in [0.25, 0.3) is 33.4 Å². The molecule has 0 unspecified atom stereocenters. The van der Waals surface area contributed by atoms with Crippen molar-refractivity contribution in [2.24, 2.45) is 0 Å². The fourth-order valence-corrected chi connectivity index (χ4v) is 5.37. The van der Waals surface area contributed by atoms with Crippen molar-refractivity contribution in [2.45, 2.75) is 26.3 Å². The van der Waals surface area contributed by atoms with E-state index < -0.39 is 5.92 Å². The van der Waals surface area contributed by atoms with E-state index in [9.17, 15) is 9.59 Å². The number of aryl methyl sites for hydroxylation is 2. The first kappa shape index (κ1) is 24.1. The number of hydrogen-bond acceptors (Lipinski definition) is 2. The lowest BCUT2D eigenvalue weighted by atomic mass is 9.83. The zero-order valence-corrected chi connectivity index (χ0v) is 21.6. The largest absolute Gasteiger partial charge is 0.336 e. The molecular formula is C32H27N5O2. The highest BCUT2D eigenvalue weighted by Gasteiger charge is 2.33. The van der Waals surface area contributed by atoms with Crippen LogP contribution in [0, 0.1) is 26.2 Å². The summed E-state index contributed by atoms with van der Waals surface area (Å²) in [5, 5.41) is 12.7. The number of para-hydroxylation sites is 1. The van der Waals surface area contributed by atoms with Gasteiger partial charge in [-0.3, -0.25) is 30.0 Å². The second-order valence-corrected chi connectivity index (χ2v) is 9.83. The molecule has 0 aliphatic carbocycles. The van der Waals surface area contributed by atoms with Crippen molar-refractivity contribution in [1.29, 1.82) is 0 Å². The van der Waals surface area contributed by atoms with Gasteiger partial charge < -0.3 is 4.57 Å². The number of fused-ring (bicyclic) bond motifs is 1. The standard InChI is InChI=1S/C32H27N5O2/c1-4-17-37-18-24(23-7-5-6-8-25(23)37)26(27-29(33-35-31(27)38)21-13-9-19(2)10-14-21)28-30(34-36-32(28)39)22-15-11-20(3)12-16-22/h1,5-16,18,26H,17H2,2-3H3,(H2,33,35,38)(H2,34,36,39). The molecule has 0 aliphatic rings. The Morgan fingerprint density at radius 1 is 0.744 bits per heavy atom. The Balaban J connectivity index is 1.70. The smallest absolute Gasteiger partial charge is 0.268 e. The van der Waals surface area contributed by atoms with Crippen LogP contribution < -0.4 is 11.1 Å². The van der Waals surface area contributed by atoms with Crippen LogP contribution in [0.3, 0.4) is 0 Å². The third-order valence-electron chi connectivity index (χ3n) is 7.28. The van der Waals surface area contributed by atoms with Crippen molar-refractivity contribution in [3.63, 3.8) is 0 Å². The minimum atomic E-state index is -0.702. The monoisotopic (exact) mass is 513 g/mol. The van der Waals surface area contributed by atoms with Gasteiger partial charge in [-0.1, -0.05) is 83.8 Å². The van der Waals surface area contributed by atoms with Crippen LogP contribution in [0.5, 0.6) is 0 Å². The van der Waals surface area contributed by atoms with Crippen molar-refractivity contribution in [3.8, 4) is 34.9 Å². The molecule has 3 aromatic heterocycles. The molecule has 6 aromatic rings. The lowest BCUT2D eigenvalue weighted by Crippen LogP contribution is -2.20. The second kappa shape index (κ2) is 9.58. The second-order valence-electron chi connectivity index (χ2n) is 9.83. The van der Waals surface area contributed by atoms with Gasteiger partial charge in [-0.15, -0.1) is 6.42 Å². The summed E-state index contributed by atoms with van der Waals surface area (Å²) in [5.74, 6) is 2.02. The first-order valence-corrected chi connectivity index (χ1v) is 12.7. The van der Waals surface area contributed by atoms with Crippen LogP contribution in [0.15, 0.2) is 88.6 Å². The molecule has 3 heterocycles. The summed E-state index contributed by atoms with van der Waals surface area (Å²) in [5.41, 5.74) is 7.25. The highest BCUT2D eigenvalue weighted by molar-refractivity contribution is 5.87. The number of benzene rings is 3. The lowest BCUT2D eigenvalue weighted by Gasteiger charge is -2.17. The maximum absolute atomic E-state index is 13.6. The summed E-state index contributed by atoms with van der Waals surface area (Å²) in [6, 6.07) is 23.8. The number of terminal acetylenes is 1. The first-order chi connectivity index (χ1) is 19.0. The number of rotatable bonds is 6. The topological polar surface area (TPSA) is 102 Å². The molecule has 0 amide bonds. The zero-order chi connectivity index (χ0) is 27.1. The van der Waals surface area contributed by atoms with E-state index in [0.29, 0.717) is 29.1 Å². The molecule has 0 saturated carbocycles. The van der Waals surface area contributed by atoms with Crippen LogP contribution in [-0.4, -0.2) is 25.0 Å². The Hall–Kier alpha value is -5.22. The Morgan fingerprint density at radius 2 is 1.26 bits per heavy atom. The summed E-state index contributed by atoms with van der Waals surface area (Å²) < 4.78 is 1.98. The fraction of sp³-hybridized carbons (Fsp3) is 0.125. The first-order valence-electron chi connectivity index (χ1n) is 12.7. The number of nitrogens with zero attached hydrogens (tertiary/aromatic N) is 1. The average Bonchev–Trinajstić information content (AvgIpc) is 3.62. The van der Waals surface area contributed by atoms with E-state index in [1.807, 2.05) is 97.4 Å². The van der Waals surface area contributed by atoms with Crippen LogP contribution in [0.1, 0.15) is 33.7 Å². The number of H-pyrrole nitrogens is 4. The van der Waals surface area contributed by atoms with E-state index in [2.05, 4.69) is 26.3 Å². The Labute approximate surface area is 224 Å². The van der Waals surface area contributed by atoms with Gasteiger partial charge in [0.15, 0.2) is 0 Å². The van der Waals surface area contributed by atoms with Gasteiger partial charge in [-0.25, -0.2) is 0 Å². The Bertz CT molecular complexity index is 1860. The number of hydrogen-bond donors (Lipinski definition) is 4. The van der Waals surface area contributed by atoms with Crippen molar-refractivity contribution < 1.29 is 0 Å². The van der Waals surface area contributed by atoms with E-state index in [-0.39, 0.29) is 11.1 Å². The predicted octanol–water partition coefficient (Wildman–Crippen LogP) is 5.44. The van der Waals surface area contributed by atoms with Crippen molar-refractivity contribution >= 4 is 10.9 Å². The predicted molar refractivity (Wildman–Crippen MR) is 155 cm³/mol. The summed E-state index contributed by atoms with van der Waals surface area (Å²) in [4.78, 5) is 27.2. The molecular weight excluding hydrogens is 486 g/mol. The van der Waals surface area contributed by atoms with Gasteiger partial charge in [0.25, 0.3) is 11.1 Å². The Morgan fingerprint density at radius 3 is 1.77 bits per heavy atom. The Kier molecular flexibility index (Phi) is 5.93. The van der Waals surface area contributed by atoms with Gasteiger partial charge in [0, 0.05) is 17.1 Å². The van der Waals surface area contributed by atoms with E-state index in [0.717, 1.165) is 38.7 Å². The molecule has 0 radical (unpaired) electrons. The third kappa shape index (κ3) is 4.12. The van der Waals surface area contributed by atoms with Gasteiger partial charge >= 0.3 is 0 Å². The van der Waals surface area contributed by atoms with Gasteiger partial charge in [0.2, 0.25) is 0 Å². The van der Waals surface area contributed by atoms with Crippen molar-refractivity contribution in [1.82, 2.24) is 25.0 Å². The van der Waals surface area contributed by atoms with Gasteiger partial charge in [0.1, 0.15) is 0 Å². The van der Waals surface area contributed by atoms with E-state index in [1.54, 1.807) is 0 Å². The third-order valence-corrected chi connectivity index (χ3v) is 7.28. The molecule has 4 N–H and O–H groups in total. The molecule has 7 heteroatoms. The summed E-state index contributed by atoms with van der Waals surface area (Å²) in [6.07, 6.45) is 7.67. The summed E-state index contributed by atoms with van der Waals surface area (Å²) in [6.45, 7) is 4.39. The number of aromatic amines is 4.